The Hall–Kier alpha value is -5.08. The molecule has 1 aliphatic rings. The number of nitrogens with zero attached hydrogens (tertiary/aromatic N) is 2. The number of para-hydroxylation sites is 2. The van der Waals surface area contributed by atoms with E-state index in [0.717, 1.165) is 17.1 Å². The summed E-state index contributed by atoms with van der Waals surface area (Å²) < 4.78 is 0. The van der Waals surface area contributed by atoms with E-state index in [2.05, 4.69) is 182 Å². The maximum atomic E-state index is 2.37. The van der Waals surface area contributed by atoms with Crippen LogP contribution in [-0.4, -0.2) is 7.05 Å². The van der Waals surface area contributed by atoms with Gasteiger partial charge in [0, 0.05) is 40.9 Å². The molecule has 0 fully saturated rings. The van der Waals surface area contributed by atoms with E-state index in [1.54, 1.807) is 0 Å². The number of benzene rings is 6. The van der Waals surface area contributed by atoms with Crippen LogP contribution in [0.1, 0.15) is 25.0 Å². The number of hydrogen-bond donors (Lipinski definition) is 0. The van der Waals surface area contributed by atoms with Crippen LogP contribution >= 0.6 is 0 Å². The number of rotatable bonds is 6. The molecular weight excluding hydrogens is 508 g/mol. The van der Waals surface area contributed by atoms with Gasteiger partial charge in [-0.3, -0.25) is 0 Å². The van der Waals surface area contributed by atoms with Crippen molar-refractivity contribution in [3.05, 3.63) is 163 Å². The van der Waals surface area contributed by atoms with Gasteiger partial charge in [-0.1, -0.05) is 105 Å². The molecule has 7 rings (SSSR count). The van der Waals surface area contributed by atoms with Gasteiger partial charge in [-0.05, 0) is 94.0 Å². The average molecular weight is 543 g/mol. The van der Waals surface area contributed by atoms with Gasteiger partial charge in [0.15, 0.2) is 0 Å². The normalized spacial score (nSPS) is 12.8. The molecule has 0 N–H and O–H groups in total. The van der Waals surface area contributed by atoms with E-state index in [-0.39, 0.29) is 5.41 Å². The standard InChI is InChI=1S/C40H34N2/c1-40(2)38-20-11-10-19-36(38)37-26-25-34(28-39(37)40)41(3)31-23-21-29(22-24-31)30-13-12-18-35(27-30)42(32-14-6-4-7-15-32)33-16-8-5-9-17-33/h4-28H,1-3H3. The number of fused-ring (bicyclic) bond motifs is 3. The zero-order chi connectivity index (χ0) is 28.7. The molecule has 0 radical (unpaired) electrons. The third kappa shape index (κ3) is 4.46. The first-order chi connectivity index (χ1) is 20.5. The van der Waals surface area contributed by atoms with Gasteiger partial charge >= 0.3 is 0 Å². The zero-order valence-corrected chi connectivity index (χ0v) is 24.3. The van der Waals surface area contributed by atoms with Crippen molar-refractivity contribution in [1.82, 2.24) is 0 Å². The van der Waals surface area contributed by atoms with Crippen LogP contribution in [0.25, 0.3) is 22.3 Å². The molecule has 204 valence electrons. The first-order valence-electron chi connectivity index (χ1n) is 14.6. The molecule has 2 heteroatoms. The second-order valence-corrected chi connectivity index (χ2v) is 11.6. The molecule has 0 atom stereocenters. The summed E-state index contributed by atoms with van der Waals surface area (Å²) >= 11 is 0. The van der Waals surface area contributed by atoms with Crippen LogP contribution in [0.4, 0.5) is 28.4 Å². The topological polar surface area (TPSA) is 6.48 Å². The molecule has 0 aromatic heterocycles. The van der Waals surface area contributed by atoms with Crippen molar-refractivity contribution in [2.24, 2.45) is 0 Å². The minimum Gasteiger partial charge on any atom is -0.345 e. The first kappa shape index (κ1) is 25.9. The van der Waals surface area contributed by atoms with E-state index < -0.39 is 0 Å². The average Bonchev–Trinajstić information content (AvgIpc) is 3.28. The second kappa shape index (κ2) is 10.4. The fraction of sp³-hybridized carbons (Fsp3) is 0.100. The molecule has 1 aliphatic carbocycles. The maximum absolute atomic E-state index is 2.37. The fourth-order valence-electron chi connectivity index (χ4n) is 6.35. The molecular formula is C40H34N2. The van der Waals surface area contributed by atoms with Crippen LogP contribution in [0, 0.1) is 0 Å². The third-order valence-corrected chi connectivity index (χ3v) is 8.68. The highest BCUT2D eigenvalue weighted by Gasteiger charge is 2.35. The zero-order valence-electron chi connectivity index (χ0n) is 24.3. The van der Waals surface area contributed by atoms with Crippen LogP contribution in [0.2, 0.25) is 0 Å². The Kier molecular flexibility index (Phi) is 6.40. The molecule has 0 bridgehead atoms. The van der Waals surface area contributed by atoms with E-state index in [0.29, 0.717) is 0 Å². The summed E-state index contributed by atoms with van der Waals surface area (Å²) in [6, 6.07) is 54.5. The molecule has 0 spiro atoms. The van der Waals surface area contributed by atoms with Gasteiger partial charge in [0.25, 0.3) is 0 Å². The van der Waals surface area contributed by atoms with E-state index in [1.807, 2.05) is 0 Å². The summed E-state index contributed by atoms with van der Waals surface area (Å²) in [6.07, 6.45) is 0. The maximum Gasteiger partial charge on any atom is 0.0467 e. The summed E-state index contributed by atoms with van der Waals surface area (Å²) in [5.41, 5.74) is 13.7. The fourth-order valence-corrected chi connectivity index (χ4v) is 6.35. The predicted octanol–water partition coefficient (Wildman–Crippen LogP) is 10.9. The van der Waals surface area contributed by atoms with Crippen molar-refractivity contribution in [2.75, 3.05) is 16.8 Å². The summed E-state index contributed by atoms with van der Waals surface area (Å²) in [6.45, 7) is 4.67. The molecule has 0 heterocycles. The summed E-state index contributed by atoms with van der Waals surface area (Å²) in [5, 5.41) is 0. The highest BCUT2D eigenvalue weighted by atomic mass is 15.1. The first-order valence-corrected chi connectivity index (χ1v) is 14.6. The van der Waals surface area contributed by atoms with Crippen molar-refractivity contribution in [1.29, 1.82) is 0 Å². The molecule has 0 saturated heterocycles. The van der Waals surface area contributed by atoms with E-state index in [4.69, 9.17) is 0 Å². The second-order valence-electron chi connectivity index (χ2n) is 11.6. The SMILES string of the molecule is CN(c1ccc(-c2cccc(N(c3ccccc3)c3ccccc3)c2)cc1)c1ccc2c(c1)C(C)(C)c1ccccc1-2. The lowest BCUT2D eigenvalue weighted by Gasteiger charge is -2.26. The summed E-state index contributed by atoms with van der Waals surface area (Å²) in [4.78, 5) is 4.59. The number of anilines is 5. The molecule has 0 aliphatic heterocycles. The Morgan fingerprint density at radius 1 is 0.405 bits per heavy atom. The Bertz CT molecular complexity index is 1820. The van der Waals surface area contributed by atoms with Gasteiger partial charge in [0.1, 0.15) is 0 Å². The van der Waals surface area contributed by atoms with Gasteiger partial charge in [0.2, 0.25) is 0 Å². The van der Waals surface area contributed by atoms with Crippen molar-refractivity contribution < 1.29 is 0 Å². The van der Waals surface area contributed by atoms with Gasteiger partial charge in [0.05, 0.1) is 0 Å². The molecule has 6 aromatic carbocycles. The van der Waals surface area contributed by atoms with Gasteiger partial charge in [-0.25, -0.2) is 0 Å². The van der Waals surface area contributed by atoms with Crippen LogP contribution in [-0.2, 0) is 5.41 Å². The van der Waals surface area contributed by atoms with Gasteiger partial charge < -0.3 is 9.80 Å². The van der Waals surface area contributed by atoms with Crippen molar-refractivity contribution in [3.63, 3.8) is 0 Å². The lowest BCUT2D eigenvalue weighted by Crippen LogP contribution is -2.16. The van der Waals surface area contributed by atoms with Crippen molar-refractivity contribution in [3.8, 4) is 22.3 Å². The highest BCUT2D eigenvalue weighted by Crippen LogP contribution is 2.49. The predicted molar refractivity (Wildman–Crippen MR) is 179 cm³/mol. The Morgan fingerprint density at radius 3 is 1.67 bits per heavy atom. The molecule has 0 saturated carbocycles. The lowest BCUT2D eigenvalue weighted by atomic mass is 9.82. The summed E-state index contributed by atoms with van der Waals surface area (Å²) in [5.74, 6) is 0. The largest absolute Gasteiger partial charge is 0.345 e. The van der Waals surface area contributed by atoms with E-state index in [1.165, 1.54) is 44.8 Å². The molecule has 0 amide bonds. The molecule has 42 heavy (non-hydrogen) atoms. The van der Waals surface area contributed by atoms with Crippen molar-refractivity contribution >= 4 is 28.4 Å². The Balaban J connectivity index is 1.18. The smallest absolute Gasteiger partial charge is 0.0467 e. The molecule has 2 nitrogen and oxygen atoms in total. The quantitative estimate of drug-likeness (QED) is 0.206. The van der Waals surface area contributed by atoms with Crippen LogP contribution in [0.15, 0.2) is 152 Å². The third-order valence-electron chi connectivity index (χ3n) is 8.68. The summed E-state index contributed by atoms with van der Waals surface area (Å²) in [7, 11) is 2.16. The van der Waals surface area contributed by atoms with Gasteiger partial charge in [-0.15, -0.1) is 0 Å². The minimum absolute atomic E-state index is 0.00890. The minimum atomic E-state index is -0.00890. The molecule has 6 aromatic rings. The Morgan fingerprint density at radius 2 is 0.976 bits per heavy atom. The van der Waals surface area contributed by atoms with Crippen LogP contribution < -0.4 is 9.80 Å². The lowest BCUT2D eigenvalue weighted by molar-refractivity contribution is 0.660. The Labute approximate surface area is 249 Å². The van der Waals surface area contributed by atoms with Crippen LogP contribution in [0.5, 0.6) is 0 Å². The van der Waals surface area contributed by atoms with E-state index >= 15 is 0 Å². The molecule has 0 unspecified atom stereocenters. The van der Waals surface area contributed by atoms with Gasteiger partial charge in [-0.2, -0.15) is 0 Å². The monoisotopic (exact) mass is 542 g/mol. The van der Waals surface area contributed by atoms with E-state index in [9.17, 15) is 0 Å². The van der Waals surface area contributed by atoms with Crippen LogP contribution in [0.3, 0.4) is 0 Å². The van der Waals surface area contributed by atoms with Crippen molar-refractivity contribution in [2.45, 2.75) is 19.3 Å². The number of hydrogen-bond acceptors (Lipinski definition) is 2. The highest BCUT2D eigenvalue weighted by molar-refractivity contribution is 5.84.